The molecule has 6 rings (SSSR count). The number of rotatable bonds is 25. The van der Waals surface area contributed by atoms with Crippen molar-refractivity contribution in [3.8, 4) is 0 Å². The number of ether oxygens (including phenoxy) is 11. The van der Waals surface area contributed by atoms with E-state index in [9.17, 15) is 112 Å². The van der Waals surface area contributed by atoms with Gasteiger partial charge in [0.2, 0.25) is 24.1 Å². The van der Waals surface area contributed by atoms with E-state index in [1.54, 1.807) is 0 Å². The quantitative estimate of drug-likeness (QED) is 0.0378. The van der Waals surface area contributed by atoms with Gasteiger partial charge in [0, 0.05) is 23.7 Å². The van der Waals surface area contributed by atoms with E-state index in [-0.39, 0.29) is 0 Å². The van der Waals surface area contributed by atoms with Crippen LogP contribution in [0.2, 0.25) is 0 Å². The fraction of sp³-hybridized carbons (Fsp3) is 0.860. The molecule has 38 heteroatoms. The summed E-state index contributed by atoms with van der Waals surface area (Å²) in [6.07, 6.45) is -38.3. The van der Waals surface area contributed by atoms with Crippen LogP contribution in [0, 0.1) is 23.7 Å². The number of aliphatic carboxylic acids is 2. The largest absolute Gasteiger partial charge is 0.488 e. The van der Waals surface area contributed by atoms with Gasteiger partial charge in [-0.2, -0.15) is 16.8 Å². The van der Waals surface area contributed by atoms with Crippen LogP contribution in [0.1, 0.15) is 13.8 Å². The lowest BCUT2D eigenvalue weighted by Gasteiger charge is -2.46. The maximum absolute atomic E-state index is 12.7. The zero-order chi connectivity index (χ0) is 60.2. The Morgan fingerprint density at radius 2 is 0.975 bits per heavy atom. The molecule has 26 atom stereocenters. The number of aliphatic hydroxyl groups excluding tert-OH is 13. The minimum atomic E-state index is -5.23. The molecule has 0 aliphatic carbocycles. The van der Waals surface area contributed by atoms with E-state index in [4.69, 9.17) is 52.1 Å². The summed E-state index contributed by atoms with van der Waals surface area (Å²) >= 11 is 0. The molecular formula is C43H68O36S2. The van der Waals surface area contributed by atoms with E-state index in [0.29, 0.717) is 6.08 Å². The SMILES string of the molecule is CC1O[C@@H](COCC2C(CO[C@@H]3OC(C(=O)O)=C(OC[C@H]4OC(CO)[C@@H](O)C(COC[C@@H]5OC(C)[C@@H](O)C(OS(=O)(=O)O)C5O)C4CO[C@@H]4OC(C(=O)O)=CC(O)C4O)C(O)C3O)[C@H](O)OC(CO)[C@H]2O)C(O)C(OS(=O)(=O)O)[C@@H]1O. The molecule has 468 valence electrons. The van der Waals surface area contributed by atoms with Gasteiger partial charge in [-0.15, -0.1) is 0 Å². The minimum absolute atomic E-state index is 0.584. The van der Waals surface area contributed by atoms with Gasteiger partial charge in [0.05, 0.1) is 83.4 Å². The average molecular weight is 1230 g/mol. The monoisotopic (exact) mass is 1220 g/mol. The van der Waals surface area contributed by atoms with Crippen molar-refractivity contribution in [2.24, 2.45) is 23.7 Å². The third-order valence-corrected chi connectivity index (χ3v) is 15.3. The molecule has 4 fully saturated rings. The highest BCUT2D eigenvalue weighted by atomic mass is 32.3. The summed E-state index contributed by atoms with van der Waals surface area (Å²) in [5, 5.41) is 160. The Kier molecular flexibility index (Phi) is 23.3. The highest BCUT2D eigenvalue weighted by molar-refractivity contribution is 7.81. The second-order valence-electron chi connectivity index (χ2n) is 19.8. The molecule has 81 heavy (non-hydrogen) atoms. The zero-order valence-corrected chi connectivity index (χ0v) is 44.3. The van der Waals surface area contributed by atoms with Crippen molar-refractivity contribution < 1.29 is 173 Å². The smallest absolute Gasteiger partial charge is 0.397 e. The fourth-order valence-corrected chi connectivity index (χ4v) is 10.9. The molecule has 0 aromatic carbocycles. The van der Waals surface area contributed by atoms with Crippen LogP contribution < -0.4 is 0 Å². The average Bonchev–Trinajstić information content (AvgIpc) is 3.42. The van der Waals surface area contributed by atoms with Crippen molar-refractivity contribution in [3.63, 3.8) is 0 Å². The number of hydrogen-bond donors (Lipinski definition) is 17. The third-order valence-electron chi connectivity index (χ3n) is 14.3. The summed E-state index contributed by atoms with van der Waals surface area (Å²) in [6, 6.07) is 0. The van der Waals surface area contributed by atoms with E-state index in [1.807, 2.05) is 0 Å². The van der Waals surface area contributed by atoms with Gasteiger partial charge in [0.15, 0.2) is 12.0 Å². The van der Waals surface area contributed by atoms with Crippen LogP contribution in [0.15, 0.2) is 23.4 Å². The molecule has 0 spiro atoms. The van der Waals surface area contributed by atoms with Crippen molar-refractivity contribution in [1.29, 1.82) is 0 Å². The van der Waals surface area contributed by atoms with Gasteiger partial charge in [0.1, 0.15) is 92.1 Å². The number of carboxylic acid groups (broad SMARTS) is 2. The first-order valence-electron chi connectivity index (χ1n) is 24.8. The van der Waals surface area contributed by atoms with E-state index < -0.39 is 268 Å². The first-order valence-corrected chi connectivity index (χ1v) is 27.5. The molecule has 6 heterocycles. The molecule has 0 amide bonds. The van der Waals surface area contributed by atoms with Crippen LogP contribution in [0.4, 0.5) is 0 Å². The van der Waals surface area contributed by atoms with Crippen LogP contribution in [-0.2, 0) is 90.9 Å². The Bertz CT molecular complexity index is 2380. The molecule has 6 aliphatic rings. The number of hydrogen-bond acceptors (Lipinski definition) is 32. The standard InChI is InChI=1S/C43H68O36S2/c1-13-26(47)35(78-80(61,62)63)31(52)24(72-13)10-67-6-16-15(8-70-42-30(51)19(46)3-20(76-42)39(56)57)23(74-21(4-44)28(16)49)12-69-37-33(54)34(55)43(77-38(37)40(58)59)71-9-18-17(29(50)22(5-45)75-41(18)60)7-68-11-25-32(53)36(79-81(64,65)66)27(48)14(2)73-25/h3,13-19,21-36,41-55,60H,4-12H2,1-2H3,(H,56,57)(H,58,59)(H,61,62,63)(H,64,65,66)/t13?,14?,15?,16?,17?,18?,19?,21?,22?,23-,24+,25+,26-,27-,28+,29+,30?,31?,32?,33?,34?,35?,36?,41-,42-,43-/m1/s1. The van der Waals surface area contributed by atoms with Crippen LogP contribution in [0.5, 0.6) is 0 Å². The van der Waals surface area contributed by atoms with Crippen molar-refractivity contribution in [1.82, 2.24) is 0 Å². The molecule has 16 unspecified atom stereocenters. The lowest BCUT2D eigenvalue weighted by molar-refractivity contribution is -0.287. The second-order valence-corrected chi connectivity index (χ2v) is 21.9. The van der Waals surface area contributed by atoms with Crippen molar-refractivity contribution in [2.45, 2.75) is 149 Å². The fourth-order valence-electron chi connectivity index (χ4n) is 9.93. The van der Waals surface area contributed by atoms with Gasteiger partial charge in [-0.05, 0) is 19.9 Å². The van der Waals surface area contributed by atoms with E-state index in [2.05, 4.69) is 8.37 Å². The maximum atomic E-state index is 12.7. The molecule has 4 saturated heterocycles. The molecule has 17 N–H and O–H groups in total. The number of carbonyl (C=O) groups is 2. The number of carboxylic acids is 2. The summed E-state index contributed by atoms with van der Waals surface area (Å²) in [4.78, 5) is 24.5. The summed E-state index contributed by atoms with van der Waals surface area (Å²) in [5.74, 6) is -12.1. The van der Waals surface area contributed by atoms with Crippen molar-refractivity contribution in [3.05, 3.63) is 23.4 Å². The first-order chi connectivity index (χ1) is 37.9. The predicted octanol–water partition coefficient (Wildman–Crippen LogP) is -9.46. The highest BCUT2D eigenvalue weighted by Gasteiger charge is 2.52. The van der Waals surface area contributed by atoms with Gasteiger partial charge in [-0.25, -0.2) is 18.0 Å². The predicted molar refractivity (Wildman–Crippen MR) is 249 cm³/mol. The molecule has 0 radical (unpaired) electrons. The normalized spacial score (nSPS) is 42.6. The molecular weight excluding hydrogens is 1160 g/mol. The van der Waals surface area contributed by atoms with E-state index in [1.165, 1.54) is 13.8 Å². The Morgan fingerprint density at radius 1 is 0.506 bits per heavy atom. The third kappa shape index (κ3) is 16.4. The second kappa shape index (κ2) is 28.3. The van der Waals surface area contributed by atoms with Gasteiger partial charge < -0.3 is 129 Å². The maximum Gasteiger partial charge on any atom is 0.397 e. The molecule has 0 aromatic heterocycles. The summed E-state index contributed by atoms with van der Waals surface area (Å²) < 4.78 is 135. The Morgan fingerprint density at radius 3 is 1.44 bits per heavy atom. The highest BCUT2D eigenvalue weighted by Crippen LogP contribution is 2.38. The molecule has 0 bridgehead atoms. The topological polar surface area (TPSA) is 566 Å². The Balaban J connectivity index is 1.19. The van der Waals surface area contributed by atoms with Gasteiger partial charge >= 0.3 is 32.7 Å². The van der Waals surface area contributed by atoms with Crippen LogP contribution in [-0.4, -0.2) is 309 Å². The molecule has 0 saturated carbocycles. The molecule has 6 aliphatic heterocycles. The summed E-state index contributed by atoms with van der Waals surface area (Å²) in [6.45, 7) is -4.19. The van der Waals surface area contributed by atoms with Gasteiger partial charge in [0.25, 0.3) is 0 Å². The minimum Gasteiger partial charge on any atom is -0.488 e. The lowest BCUT2D eigenvalue weighted by Crippen LogP contribution is -2.59. The molecule has 36 nitrogen and oxygen atoms in total. The van der Waals surface area contributed by atoms with E-state index >= 15 is 0 Å². The summed E-state index contributed by atoms with van der Waals surface area (Å²) in [5.41, 5.74) is 0. The lowest BCUT2D eigenvalue weighted by atomic mass is 9.79. The van der Waals surface area contributed by atoms with Crippen molar-refractivity contribution >= 4 is 32.7 Å². The zero-order valence-electron chi connectivity index (χ0n) is 42.6. The number of aliphatic hydroxyl groups is 13. The summed E-state index contributed by atoms with van der Waals surface area (Å²) in [7, 11) is -10.4. The Hall–Kier alpha value is -3.28. The van der Waals surface area contributed by atoms with Crippen LogP contribution in [0.3, 0.4) is 0 Å². The van der Waals surface area contributed by atoms with Crippen molar-refractivity contribution in [2.75, 3.05) is 59.5 Å². The first kappa shape index (κ1) is 66.9. The van der Waals surface area contributed by atoms with Crippen LogP contribution in [0.25, 0.3) is 0 Å². The van der Waals surface area contributed by atoms with Gasteiger partial charge in [-0.3, -0.25) is 9.11 Å². The van der Waals surface area contributed by atoms with E-state index in [0.717, 1.165) is 0 Å². The Labute approximate surface area is 459 Å². The van der Waals surface area contributed by atoms with Gasteiger partial charge in [-0.1, -0.05) is 0 Å². The molecule has 0 aromatic rings. The van der Waals surface area contributed by atoms with Crippen LogP contribution >= 0.6 is 0 Å².